The van der Waals surface area contributed by atoms with Gasteiger partial charge in [0.25, 0.3) is 0 Å². The van der Waals surface area contributed by atoms with E-state index in [-0.39, 0.29) is 6.61 Å². The van der Waals surface area contributed by atoms with E-state index in [2.05, 4.69) is 0 Å². The predicted molar refractivity (Wildman–Crippen MR) is 40.2 cm³/mol. The zero-order valence-corrected chi connectivity index (χ0v) is 6.48. The molecule has 1 heterocycles. The Morgan fingerprint density at radius 1 is 1.18 bits per heavy atom. The average Bonchev–Trinajstić information content (AvgIpc) is 2.28. The highest BCUT2D eigenvalue weighted by Crippen LogP contribution is 2.09. The van der Waals surface area contributed by atoms with Crippen LogP contribution in [0.1, 0.15) is 6.42 Å². The molecule has 3 N–H and O–H groups in total. The van der Waals surface area contributed by atoms with Gasteiger partial charge in [0.05, 0.1) is 12.2 Å². The number of hydrogen-bond donors (Lipinski definition) is 3. The predicted octanol–water partition coefficient (Wildman–Crippen LogP) is -1.59. The van der Waals surface area contributed by atoms with Crippen LogP contribution >= 0.6 is 0 Å². The SMILES string of the molecule is OCCCN1C[C@@H](O)[C@@H](O)C1. The second-order valence-corrected chi connectivity index (χ2v) is 2.97. The second-order valence-electron chi connectivity index (χ2n) is 2.97. The third-order valence-corrected chi connectivity index (χ3v) is 1.97. The quantitative estimate of drug-likeness (QED) is 0.467. The Morgan fingerprint density at radius 3 is 2.18 bits per heavy atom. The highest BCUT2D eigenvalue weighted by Gasteiger charge is 2.28. The molecule has 0 amide bonds. The van der Waals surface area contributed by atoms with Gasteiger partial charge in [-0.2, -0.15) is 0 Å². The van der Waals surface area contributed by atoms with Crippen molar-refractivity contribution in [3.8, 4) is 0 Å². The van der Waals surface area contributed by atoms with Crippen molar-refractivity contribution in [2.45, 2.75) is 18.6 Å². The van der Waals surface area contributed by atoms with Crippen LogP contribution in [-0.4, -0.2) is 58.7 Å². The molecule has 11 heavy (non-hydrogen) atoms. The van der Waals surface area contributed by atoms with Gasteiger partial charge in [-0.25, -0.2) is 0 Å². The Balaban J connectivity index is 2.18. The van der Waals surface area contributed by atoms with Crippen LogP contribution in [0, 0.1) is 0 Å². The first-order valence-corrected chi connectivity index (χ1v) is 3.93. The summed E-state index contributed by atoms with van der Waals surface area (Å²) < 4.78 is 0. The van der Waals surface area contributed by atoms with Gasteiger partial charge in [0.15, 0.2) is 0 Å². The van der Waals surface area contributed by atoms with Crippen LogP contribution in [0.5, 0.6) is 0 Å². The summed E-state index contributed by atoms with van der Waals surface area (Å²) in [5.74, 6) is 0. The molecule has 4 heteroatoms. The van der Waals surface area contributed by atoms with Crippen molar-refractivity contribution >= 4 is 0 Å². The molecule has 1 saturated heterocycles. The first-order chi connectivity index (χ1) is 5.24. The van der Waals surface area contributed by atoms with Gasteiger partial charge in [-0.15, -0.1) is 0 Å². The van der Waals surface area contributed by atoms with Crippen molar-refractivity contribution in [3.05, 3.63) is 0 Å². The normalized spacial score (nSPS) is 33.0. The van der Waals surface area contributed by atoms with E-state index in [1.165, 1.54) is 0 Å². The standard InChI is InChI=1S/C7H15NO3/c9-3-1-2-8-4-6(10)7(11)5-8/h6-7,9-11H,1-5H2/t6-,7+. The van der Waals surface area contributed by atoms with E-state index in [0.29, 0.717) is 19.5 Å². The fourth-order valence-electron chi connectivity index (χ4n) is 1.32. The molecule has 0 saturated carbocycles. The molecule has 0 aliphatic carbocycles. The molecule has 4 nitrogen and oxygen atoms in total. The van der Waals surface area contributed by atoms with Crippen molar-refractivity contribution in [1.82, 2.24) is 4.90 Å². The largest absolute Gasteiger partial charge is 0.396 e. The average molecular weight is 161 g/mol. The number of likely N-dealkylation sites (tertiary alicyclic amines) is 1. The highest BCUT2D eigenvalue weighted by molar-refractivity contribution is 4.82. The zero-order chi connectivity index (χ0) is 8.27. The minimum Gasteiger partial charge on any atom is -0.396 e. The molecule has 0 aromatic rings. The van der Waals surface area contributed by atoms with Crippen LogP contribution in [-0.2, 0) is 0 Å². The lowest BCUT2D eigenvalue weighted by Crippen LogP contribution is -2.23. The lowest BCUT2D eigenvalue weighted by Gasteiger charge is -2.12. The highest BCUT2D eigenvalue weighted by atomic mass is 16.3. The third kappa shape index (κ3) is 2.41. The van der Waals surface area contributed by atoms with Gasteiger partial charge in [-0.05, 0) is 6.42 Å². The molecular formula is C7H15NO3. The number of aliphatic hydroxyl groups is 3. The van der Waals surface area contributed by atoms with Gasteiger partial charge in [0, 0.05) is 26.2 Å². The Hall–Kier alpha value is -0.160. The maximum atomic E-state index is 9.11. The van der Waals surface area contributed by atoms with Crippen molar-refractivity contribution < 1.29 is 15.3 Å². The molecule has 1 fully saturated rings. The molecule has 0 bridgehead atoms. The van der Waals surface area contributed by atoms with Gasteiger partial charge in [0.1, 0.15) is 0 Å². The van der Waals surface area contributed by atoms with E-state index in [0.717, 1.165) is 6.54 Å². The van der Waals surface area contributed by atoms with Gasteiger partial charge >= 0.3 is 0 Å². The second kappa shape index (κ2) is 4.01. The van der Waals surface area contributed by atoms with Crippen molar-refractivity contribution in [2.24, 2.45) is 0 Å². The van der Waals surface area contributed by atoms with Crippen molar-refractivity contribution in [3.63, 3.8) is 0 Å². The lowest BCUT2D eigenvalue weighted by atomic mass is 10.3. The molecular weight excluding hydrogens is 146 g/mol. The summed E-state index contributed by atoms with van der Waals surface area (Å²) in [7, 11) is 0. The Kier molecular flexibility index (Phi) is 3.26. The molecule has 0 spiro atoms. The summed E-state index contributed by atoms with van der Waals surface area (Å²) in [6, 6.07) is 0. The van der Waals surface area contributed by atoms with Crippen LogP contribution in [0.3, 0.4) is 0 Å². The molecule has 0 aromatic carbocycles. The van der Waals surface area contributed by atoms with Crippen LogP contribution in [0.15, 0.2) is 0 Å². The third-order valence-electron chi connectivity index (χ3n) is 1.97. The summed E-state index contributed by atoms with van der Waals surface area (Å²) >= 11 is 0. The van der Waals surface area contributed by atoms with E-state index in [1.807, 2.05) is 4.90 Å². The summed E-state index contributed by atoms with van der Waals surface area (Å²) in [6.45, 7) is 1.98. The maximum Gasteiger partial charge on any atom is 0.0938 e. The molecule has 1 aliphatic rings. The van der Waals surface area contributed by atoms with Gasteiger partial charge in [-0.1, -0.05) is 0 Å². The Labute approximate surface area is 66.1 Å². The van der Waals surface area contributed by atoms with E-state index in [9.17, 15) is 0 Å². The van der Waals surface area contributed by atoms with E-state index in [1.54, 1.807) is 0 Å². The molecule has 0 unspecified atom stereocenters. The van der Waals surface area contributed by atoms with Gasteiger partial charge in [-0.3, -0.25) is 4.90 Å². The van der Waals surface area contributed by atoms with Crippen LogP contribution in [0.25, 0.3) is 0 Å². The topological polar surface area (TPSA) is 63.9 Å². The summed E-state index contributed by atoms with van der Waals surface area (Å²) in [5.41, 5.74) is 0. The number of nitrogens with zero attached hydrogens (tertiary/aromatic N) is 1. The number of rotatable bonds is 3. The maximum absolute atomic E-state index is 9.11. The number of hydrogen-bond acceptors (Lipinski definition) is 4. The summed E-state index contributed by atoms with van der Waals surface area (Å²) in [6.07, 6.45) is -0.498. The van der Waals surface area contributed by atoms with Crippen LogP contribution < -0.4 is 0 Å². The van der Waals surface area contributed by atoms with Crippen molar-refractivity contribution in [2.75, 3.05) is 26.2 Å². The van der Waals surface area contributed by atoms with E-state index < -0.39 is 12.2 Å². The monoisotopic (exact) mass is 161 g/mol. The Bertz CT molecular complexity index is 110. The zero-order valence-electron chi connectivity index (χ0n) is 6.48. The van der Waals surface area contributed by atoms with Gasteiger partial charge in [0.2, 0.25) is 0 Å². The fourth-order valence-corrected chi connectivity index (χ4v) is 1.32. The van der Waals surface area contributed by atoms with Crippen LogP contribution in [0.2, 0.25) is 0 Å². The molecule has 0 radical (unpaired) electrons. The molecule has 1 rings (SSSR count). The number of aliphatic hydroxyl groups excluding tert-OH is 3. The molecule has 0 aromatic heterocycles. The Morgan fingerprint density at radius 2 is 1.73 bits per heavy atom. The number of β-amino-alcohol motifs (C(OH)–C–C–N with tert-alkyl or cyclic N) is 2. The van der Waals surface area contributed by atoms with E-state index >= 15 is 0 Å². The molecule has 2 atom stereocenters. The van der Waals surface area contributed by atoms with E-state index in [4.69, 9.17) is 15.3 Å². The molecule has 66 valence electrons. The minimum atomic E-state index is -0.603. The lowest BCUT2D eigenvalue weighted by molar-refractivity contribution is 0.0572. The smallest absolute Gasteiger partial charge is 0.0938 e. The summed E-state index contributed by atoms with van der Waals surface area (Å²) in [4.78, 5) is 1.95. The van der Waals surface area contributed by atoms with Crippen molar-refractivity contribution in [1.29, 1.82) is 0 Å². The minimum absolute atomic E-state index is 0.169. The fraction of sp³-hybridized carbons (Fsp3) is 1.00. The van der Waals surface area contributed by atoms with Gasteiger partial charge < -0.3 is 15.3 Å². The van der Waals surface area contributed by atoms with Crippen LogP contribution in [0.4, 0.5) is 0 Å². The first kappa shape index (κ1) is 8.93. The molecule has 1 aliphatic heterocycles. The summed E-state index contributed by atoms with van der Waals surface area (Å²) in [5, 5.41) is 26.7. The first-order valence-electron chi connectivity index (χ1n) is 3.93.